The number of aryl methyl sites for hydroxylation is 1. The molecule has 0 unspecified atom stereocenters. The van der Waals surface area contributed by atoms with Crippen molar-refractivity contribution < 1.29 is 9.18 Å². The van der Waals surface area contributed by atoms with Crippen LogP contribution in [0, 0.1) is 12.7 Å². The van der Waals surface area contributed by atoms with Crippen molar-refractivity contribution in [3.8, 4) is 10.8 Å². The minimum absolute atomic E-state index is 0.0817. The molecule has 0 aliphatic heterocycles. The van der Waals surface area contributed by atoms with Crippen LogP contribution in [-0.4, -0.2) is 32.1 Å². The standard InChI is InChI=1S/C16H14FN5OS/c1-8-13(24-16(20-8)14-18-7-19-22-14)15(23)21-12-6-11(12)9-2-4-10(17)5-3-9/h2-5,7,11-12H,6H2,1H3,(H,21,23)(H,18,19,22)/t11-,12-/m1/s1. The second-order valence-electron chi connectivity index (χ2n) is 5.74. The molecule has 2 heterocycles. The van der Waals surface area contributed by atoms with Crippen LogP contribution >= 0.6 is 11.3 Å². The van der Waals surface area contributed by atoms with Crippen molar-refractivity contribution in [3.63, 3.8) is 0 Å². The molecular weight excluding hydrogens is 329 g/mol. The van der Waals surface area contributed by atoms with Crippen molar-refractivity contribution in [1.82, 2.24) is 25.5 Å². The van der Waals surface area contributed by atoms with Gasteiger partial charge in [-0.05, 0) is 31.0 Å². The average Bonchev–Trinajstić information content (AvgIpc) is 2.99. The van der Waals surface area contributed by atoms with Crippen LogP contribution < -0.4 is 5.32 Å². The minimum atomic E-state index is -0.250. The number of aromatic amines is 1. The number of hydrogen-bond donors (Lipinski definition) is 2. The summed E-state index contributed by atoms with van der Waals surface area (Å²) in [4.78, 5) is 21.5. The number of carbonyl (C=O) groups is 1. The zero-order valence-electron chi connectivity index (χ0n) is 12.8. The Labute approximate surface area is 141 Å². The number of rotatable bonds is 4. The molecule has 122 valence electrons. The third-order valence-electron chi connectivity index (χ3n) is 4.03. The molecule has 3 aromatic rings. The van der Waals surface area contributed by atoms with Crippen LogP contribution in [0.5, 0.6) is 0 Å². The van der Waals surface area contributed by atoms with E-state index in [1.807, 2.05) is 0 Å². The molecule has 2 aromatic heterocycles. The number of carbonyl (C=O) groups excluding carboxylic acids is 1. The molecule has 1 aliphatic rings. The summed E-state index contributed by atoms with van der Waals surface area (Å²) >= 11 is 1.29. The summed E-state index contributed by atoms with van der Waals surface area (Å²) < 4.78 is 13.0. The second-order valence-corrected chi connectivity index (χ2v) is 6.74. The molecule has 1 aliphatic carbocycles. The number of nitrogens with one attached hydrogen (secondary N) is 2. The normalized spacial score (nSPS) is 19.2. The number of thiazole rings is 1. The SMILES string of the molecule is Cc1nc(-c2ncn[nH]2)sc1C(=O)N[C@@H]1C[C@@H]1c1ccc(F)cc1. The van der Waals surface area contributed by atoms with E-state index in [0.717, 1.165) is 12.0 Å². The Kier molecular flexibility index (Phi) is 3.61. The molecule has 1 saturated carbocycles. The highest BCUT2D eigenvalue weighted by atomic mass is 32.1. The molecule has 8 heteroatoms. The summed E-state index contributed by atoms with van der Waals surface area (Å²) in [6, 6.07) is 6.52. The Morgan fingerprint density at radius 3 is 2.88 bits per heavy atom. The summed E-state index contributed by atoms with van der Waals surface area (Å²) in [6.45, 7) is 1.80. The number of nitrogens with zero attached hydrogens (tertiary/aromatic N) is 3. The highest BCUT2D eigenvalue weighted by Crippen LogP contribution is 2.41. The predicted molar refractivity (Wildman–Crippen MR) is 87.2 cm³/mol. The third kappa shape index (κ3) is 2.80. The van der Waals surface area contributed by atoms with Gasteiger partial charge in [-0.25, -0.2) is 14.4 Å². The Hall–Kier alpha value is -2.61. The molecule has 1 aromatic carbocycles. The van der Waals surface area contributed by atoms with Gasteiger partial charge in [0, 0.05) is 12.0 Å². The lowest BCUT2D eigenvalue weighted by Crippen LogP contribution is -2.26. The van der Waals surface area contributed by atoms with Crippen LogP contribution in [-0.2, 0) is 0 Å². The molecule has 24 heavy (non-hydrogen) atoms. The van der Waals surface area contributed by atoms with Crippen molar-refractivity contribution in [1.29, 1.82) is 0 Å². The number of amides is 1. The topological polar surface area (TPSA) is 83.6 Å². The van der Waals surface area contributed by atoms with Gasteiger partial charge in [0.2, 0.25) is 0 Å². The molecule has 2 atom stereocenters. The van der Waals surface area contributed by atoms with Crippen molar-refractivity contribution in [2.75, 3.05) is 0 Å². The van der Waals surface area contributed by atoms with E-state index in [0.29, 0.717) is 21.4 Å². The smallest absolute Gasteiger partial charge is 0.263 e. The first-order chi connectivity index (χ1) is 11.6. The molecule has 0 radical (unpaired) electrons. The monoisotopic (exact) mass is 343 g/mol. The zero-order chi connectivity index (χ0) is 16.7. The summed E-state index contributed by atoms with van der Waals surface area (Å²) in [5.74, 6) is 0.417. The maximum Gasteiger partial charge on any atom is 0.263 e. The Morgan fingerprint density at radius 1 is 1.38 bits per heavy atom. The van der Waals surface area contributed by atoms with Crippen molar-refractivity contribution in [2.24, 2.45) is 0 Å². The fourth-order valence-corrected chi connectivity index (χ4v) is 3.60. The molecule has 4 rings (SSSR count). The lowest BCUT2D eigenvalue weighted by Gasteiger charge is -2.04. The quantitative estimate of drug-likeness (QED) is 0.763. The Bertz CT molecular complexity index is 875. The molecule has 6 nitrogen and oxygen atoms in total. The lowest BCUT2D eigenvalue weighted by molar-refractivity contribution is 0.0953. The van der Waals surface area contributed by atoms with Crippen molar-refractivity contribution in [3.05, 3.63) is 52.5 Å². The van der Waals surface area contributed by atoms with E-state index in [1.165, 1.54) is 29.8 Å². The van der Waals surface area contributed by atoms with Crippen LogP contribution in [0.1, 0.15) is 33.3 Å². The summed E-state index contributed by atoms with van der Waals surface area (Å²) in [7, 11) is 0. The molecule has 1 fully saturated rings. The third-order valence-corrected chi connectivity index (χ3v) is 5.19. The van der Waals surface area contributed by atoms with E-state index in [4.69, 9.17) is 0 Å². The number of benzene rings is 1. The first-order valence-electron chi connectivity index (χ1n) is 7.51. The van der Waals surface area contributed by atoms with E-state index in [1.54, 1.807) is 19.1 Å². The summed E-state index contributed by atoms with van der Waals surface area (Å²) in [5.41, 5.74) is 1.72. The van der Waals surface area contributed by atoms with Gasteiger partial charge < -0.3 is 5.32 Å². The molecule has 1 amide bonds. The van der Waals surface area contributed by atoms with E-state index in [9.17, 15) is 9.18 Å². The van der Waals surface area contributed by atoms with Crippen LogP contribution in [0.15, 0.2) is 30.6 Å². The maximum atomic E-state index is 13.0. The van der Waals surface area contributed by atoms with Crippen LogP contribution in [0.3, 0.4) is 0 Å². The molecular formula is C16H14FN5OS. The van der Waals surface area contributed by atoms with Gasteiger partial charge in [0.1, 0.15) is 17.0 Å². The van der Waals surface area contributed by atoms with Crippen molar-refractivity contribution >= 4 is 17.2 Å². The van der Waals surface area contributed by atoms with Gasteiger partial charge in [0.15, 0.2) is 10.8 Å². The highest BCUT2D eigenvalue weighted by molar-refractivity contribution is 7.17. The van der Waals surface area contributed by atoms with E-state index >= 15 is 0 Å². The fraction of sp³-hybridized carbons (Fsp3) is 0.250. The highest BCUT2D eigenvalue weighted by Gasteiger charge is 2.40. The first kappa shape index (κ1) is 14.9. The van der Waals surface area contributed by atoms with E-state index in [2.05, 4.69) is 25.5 Å². The number of halogens is 1. The van der Waals surface area contributed by atoms with Gasteiger partial charge >= 0.3 is 0 Å². The predicted octanol–water partition coefficient (Wildman–Crippen LogP) is 2.66. The maximum absolute atomic E-state index is 13.0. The van der Waals surface area contributed by atoms with Crippen LogP contribution in [0.25, 0.3) is 10.8 Å². The van der Waals surface area contributed by atoms with Gasteiger partial charge in [-0.1, -0.05) is 12.1 Å². The number of H-pyrrole nitrogens is 1. The van der Waals surface area contributed by atoms with Gasteiger partial charge in [-0.2, -0.15) is 5.10 Å². The fourth-order valence-electron chi connectivity index (χ4n) is 2.68. The van der Waals surface area contributed by atoms with Gasteiger partial charge in [0.25, 0.3) is 5.91 Å². The Balaban J connectivity index is 1.45. The minimum Gasteiger partial charge on any atom is -0.348 e. The zero-order valence-corrected chi connectivity index (χ0v) is 13.6. The number of hydrogen-bond acceptors (Lipinski definition) is 5. The first-order valence-corrected chi connectivity index (χ1v) is 8.33. The molecule has 0 spiro atoms. The lowest BCUT2D eigenvalue weighted by atomic mass is 10.1. The largest absolute Gasteiger partial charge is 0.348 e. The molecule has 0 bridgehead atoms. The number of aromatic nitrogens is 4. The van der Waals surface area contributed by atoms with Gasteiger partial charge in [0.05, 0.1) is 5.69 Å². The van der Waals surface area contributed by atoms with E-state index in [-0.39, 0.29) is 23.7 Å². The molecule has 2 N–H and O–H groups in total. The van der Waals surface area contributed by atoms with E-state index < -0.39 is 0 Å². The summed E-state index contributed by atoms with van der Waals surface area (Å²) in [5, 5.41) is 10.2. The van der Waals surface area contributed by atoms with Crippen molar-refractivity contribution in [2.45, 2.75) is 25.3 Å². The van der Waals surface area contributed by atoms with Crippen LogP contribution in [0.2, 0.25) is 0 Å². The van der Waals surface area contributed by atoms with Gasteiger partial charge in [-0.15, -0.1) is 11.3 Å². The summed E-state index contributed by atoms with van der Waals surface area (Å²) in [6.07, 6.45) is 2.27. The average molecular weight is 343 g/mol. The molecule has 0 saturated heterocycles. The Morgan fingerprint density at radius 2 is 2.17 bits per heavy atom. The van der Waals surface area contributed by atoms with Crippen LogP contribution in [0.4, 0.5) is 4.39 Å². The van der Waals surface area contributed by atoms with Gasteiger partial charge in [-0.3, -0.25) is 9.89 Å². The second kappa shape index (κ2) is 5.79.